The molecule has 0 fully saturated rings. The smallest absolute Gasteiger partial charge is 0.341 e. The zero-order chi connectivity index (χ0) is 12.0. The summed E-state index contributed by atoms with van der Waals surface area (Å²) in [7, 11) is 1.55. The SMILES string of the molecule is CCCOC(=O)c1ccc(CBr)cc1OC. The number of ether oxygens (including phenoxy) is 2. The summed E-state index contributed by atoms with van der Waals surface area (Å²) in [6.07, 6.45) is 0.813. The fraction of sp³-hybridized carbons (Fsp3) is 0.417. The van der Waals surface area contributed by atoms with Crippen LogP contribution in [-0.4, -0.2) is 19.7 Å². The third-order valence-corrected chi connectivity index (χ3v) is 2.72. The molecule has 16 heavy (non-hydrogen) atoms. The molecule has 0 amide bonds. The summed E-state index contributed by atoms with van der Waals surface area (Å²) in [5, 5.41) is 0.730. The molecule has 0 saturated carbocycles. The third kappa shape index (κ3) is 3.23. The Hall–Kier alpha value is -1.03. The summed E-state index contributed by atoms with van der Waals surface area (Å²) in [6, 6.07) is 5.44. The summed E-state index contributed by atoms with van der Waals surface area (Å²) in [6.45, 7) is 2.39. The van der Waals surface area contributed by atoms with Gasteiger partial charge < -0.3 is 9.47 Å². The van der Waals surface area contributed by atoms with Gasteiger partial charge in [-0.3, -0.25) is 0 Å². The van der Waals surface area contributed by atoms with Crippen LogP contribution in [0.5, 0.6) is 5.75 Å². The molecule has 3 nitrogen and oxygen atoms in total. The van der Waals surface area contributed by atoms with E-state index in [1.165, 1.54) is 0 Å². The van der Waals surface area contributed by atoms with Crippen molar-refractivity contribution in [2.24, 2.45) is 0 Å². The highest BCUT2D eigenvalue weighted by atomic mass is 79.9. The molecule has 4 heteroatoms. The lowest BCUT2D eigenvalue weighted by Gasteiger charge is -2.09. The van der Waals surface area contributed by atoms with Gasteiger partial charge in [-0.2, -0.15) is 0 Å². The molecule has 0 spiro atoms. The molecule has 0 aliphatic heterocycles. The Morgan fingerprint density at radius 1 is 1.44 bits per heavy atom. The fourth-order valence-electron chi connectivity index (χ4n) is 1.26. The van der Waals surface area contributed by atoms with Crippen molar-refractivity contribution in [3.8, 4) is 5.75 Å². The van der Waals surface area contributed by atoms with Gasteiger partial charge in [0.15, 0.2) is 0 Å². The molecule has 0 atom stereocenters. The zero-order valence-corrected chi connectivity index (χ0v) is 11.0. The van der Waals surface area contributed by atoms with Crippen LogP contribution >= 0.6 is 15.9 Å². The highest BCUT2D eigenvalue weighted by Gasteiger charge is 2.13. The van der Waals surface area contributed by atoms with E-state index in [0.717, 1.165) is 17.3 Å². The van der Waals surface area contributed by atoms with E-state index in [4.69, 9.17) is 9.47 Å². The second-order valence-corrected chi connectivity index (χ2v) is 3.86. The summed E-state index contributed by atoms with van der Waals surface area (Å²) >= 11 is 3.35. The minimum atomic E-state index is -0.333. The maximum Gasteiger partial charge on any atom is 0.341 e. The minimum Gasteiger partial charge on any atom is -0.496 e. The summed E-state index contributed by atoms with van der Waals surface area (Å²) < 4.78 is 10.2. The van der Waals surface area contributed by atoms with Crippen molar-refractivity contribution in [1.29, 1.82) is 0 Å². The fourth-order valence-corrected chi connectivity index (χ4v) is 1.61. The van der Waals surface area contributed by atoms with Gasteiger partial charge in [-0.15, -0.1) is 0 Å². The Morgan fingerprint density at radius 2 is 2.19 bits per heavy atom. The van der Waals surface area contributed by atoms with Crippen molar-refractivity contribution >= 4 is 21.9 Å². The molecule has 0 N–H and O–H groups in total. The van der Waals surface area contributed by atoms with Crippen LogP contribution in [0.15, 0.2) is 18.2 Å². The molecule has 0 aromatic heterocycles. The number of hydrogen-bond donors (Lipinski definition) is 0. The predicted molar refractivity (Wildman–Crippen MR) is 66.2 cm³/mol. The molecule has 0 bridgehead atoms. The normalized spacial score (nSPS) is 9.94. The first kappa shape index (κ1) is 13.0. The molecule has 0 heterocycles. The summed E-state index contributed by atoms with van der Waals surface area (Å²) in [5.74, 6) is 0.220. The van der Waals surface area contributed by atoms with Crippen LogP contribution in [0.3, 0.4) is 0 Å². The van der Waals surface area contributed by atoms with Gasteiger partial charge in [0.05, 0.1) is 13.7 Å². The lowest BCUT2D eigenvalue weighted by Crippen LogP contribution is -2.08. The zero-order valence-electron chi connectivity index (χ0n) is 9.46. The third-order valence-electron chi connectivity index (χ3n) is 2.08. The Balaban J connectivity index is 2.90. The van der Waals surface area contributed by atoms with Gasteiger partial charge in [-0.05, 0) is 24.1 Å². The number of carbonyl (C=O) groups is 1. The van der Waals surface area contributed by atoms with Crippen LogP contribution in [0, 0.1) is 0 Å². The van der Waals surface area contributed by atoms with E-state index in [9.17, 15) is 4.79 Å². The van der Waals surface area contributed by atoms with Gasteiger partial charge in [-0.25, -0.2) is 4.79 Å². The topological polar surface area (TPSA) is 35.5 Å². The molecule has 0 unspecified atom stereocenters. The maximum absolute atomic E-state index is 11.7. The van der Waals surface area contributed by atoms with Crippen LogP contribution in [-0.2, 0) is 10.1 Å². The standard InChI is InChI=1S/C12H15BrO3/c1-3-6-16-12(14)10-5-4-9(8-13)7-11(10)15-2/h4-5,7H,3,6,8H2,1-2H3. The van der Waals surface area contributed by atoms with Crippen LogP contribution in [0.1, 0.15) is 29.3 Å². The van der Waals surface area contributed by atoms with E-state index >= 15 is 0 Å². The number of esters is 1. The largest absolute Gasteiger partial charge is 0.496 e. The molecule has 0 aliphatic rings. The van der Waals surface area contributed by atoms with Gasteiger partial charge in [-0.1, -0.05) is 28.9 Å². The molecule has 0 saturated heterocycles. The number of halogens is 1. The van der Waals surface area contributed by atoms with Crippen molar-refractivity contribution in [3.05, 3.63) is 29.3 Å². The molecular formula is C12H15BrO3. The number of carbonyl (C=O) groups excluding carboxylic acids is 1. The average Bonchev–Trinajstić information content (AvgIpc) is 2.34. The Kier molecular flexibility index (Phi) is 5.32. The number of benzene rings is 1. The summed E-state index contributed by atoms with van der Waals surface area (Å²) in [5.41, 5.74) is 1.53. The number of hydrogen-bond acceptors (Lipinski definition) is 3. The second kappa shape index (κ2) is 6.53. The van der Waals surface area contributed by atoms with Crippen molar-refractivity contribution in [1.82, 2.24) is 0 Å². The first-order chi connectivity index (χ1) is 7.72. The monoisotopic (exact) mass is 286 g/mol. The second-order valence-electron chi connectivity index (χ2n) is 3.30. The van der Waals surface area contributed by atoms with Crippen LogP contribution in [0.2, 0.25) is 0 Å². The van der Waals surface area contributed by atoms with Gasteiger partial charge in [0.2, 0.25) is 0 Å². The van der Waals surface area contributed by atoms with Crippen molar-refractivity contribution in [2.45, 2.75) is 18.7 Å². The Morgan fingerprint density at radius 3 is 2.75 bits per heavy atom. The highest BCUT2D eigenvalue weighted by Crippen LogP contribution is 2.22. The first-order valence-electron chi connectivity index (χ1n) is 5.13. The lowest BCUT2D eigenvalue weighted by molar-refractivity contribution is 0.0501. The molecule has 1 aromatic carbocycles. The molecular weight excluding hydrogens is 272 g/mol. The lowest BCUT2D eigenvalue weighted by atomic mass is 10.1. The van der Waals surface area contributed by atoms with Gasteiger partial charge in [0.25, 0.3) is 0 Å². The quantitative estimate of drug-likeness (QED) is 0.616. The van der Waals surface area contributed by atoms with Crippen LogP contribution in [0.25, 0.3) is 0 Å². The van der Waals surface area contributed by atoms with E-state index in [0.29, 0.717) is 17.9 Å². The molecule has 88 valence electrons. The van der Waals surface area contributed by atoms with E-state index in [1.54, 1.807) is 13.2 Å². The van der Waals surface area contributed by atoms with Crippen molar-refractivity contribution in [2.75, 3.05) is 13.7 Å². The van der Waals surface area contributed by atoms with Gasteiger partial charge in [0.1, 0.15) is 11.3 Å². The van der Waals surface area contributed by atoms with E-state index in [2.05, 4.69) is 15.9 Å². The minimum absolute atomic E-state index is 0.333. The van der Waals surface area contributed by atoms with E-state index < -0.39 is 0 Å². The van der Waals surface area contributed by atoms with Crippen molar-refractivity contribution in [3.63, 3.8) is 0 Å². The first-order valence-corrected chi connectivity index (χ1v) is 6.25. The van der Waals surface area contributed by atoms with E-state index in [1.807, 2.05) is 19.1 Å². The summed E-state index contributed by atoms with van der Waals surface area (Å²) in [4.78, 5) is 11.7. The highest BCUT2D eigenvalue weighted by molar-refractivity contribution is 9.08. The molecule has 1 rings (SSSR count). The average molecular weight is 287 g/mol. The van der Waals surface area contributed by atoms with E-state index in [-0.39, 0.29) is 5.97 Å². The predicted octanol–water partition coefficient (Wildman–Crippen LogP) is 3.16. The number of alkyl halides is 1. The maximum atomic E-state index is 11.7. The van der Waals surface area contributed by atoms with Gasteiger partial charge >= 0.3 is 5.97 Å². The van der Waals surface area contributed by atoms with Gasteiger partial charge in [0, 0.05) is 5.33 Å². The number of rotatable bonds is 5. The van der Waals surface area contributed by atoms with Crippen LogP contribution in [0.4, 0.5) is 0 Å². The Bertz CT molecular complexity index is 363. The van der Waals surface area contributed by atoms with Crippen LogP contribution < -0.4 is 4.74 Å². The number of methoxy groups -OCH3 is 1. The van der Waals surface area contributed by atoms with Crippen molar-refractivity contribution < 1.29 is 14.3 Å². The molecule has 1 aromatic rings. The molecule has 0 radical (unpaired) electrons. The molecule has 0 aliphatic carbocycles. The Labute approximate surface area is 104 Å².